The van der Waals surface area contributed by atoms with Crippen molar-refractivity contribution < 1.29 is 9.60 Å². The molecule has 2 atom stereocenters. The van der Waals surface area contributed by atoms with Crippen molar-refractivity contribution in [3.63, 3.8) is 0 Å². The topological polar surface area (TPSA) is 57.0 Å². The van der Waals surface area contributed by atoms with E-state index in [2.05, 4.69) is 15.5 Å². The Bertz CT molecular complexity index is 464. The summed E-state index contributed by atoms with van der Waals surface area (Å²) >= 11 is 0. The van der Waals surface area contributed by atoms with Crippen LogP contribution in [-0.2, 0) is 0 Å². The number of hydrogen-bond acceptors (Lipinski definition) is 4. The first-order valence-corrected chi connectivity index (χ1v) is 6.68. The summed E-state index contributed by atoms with van der Waals surface area (Å²) in [5.41, 5.74) is 2.25. The third-order valence-corrected chi connectivity index (χ3v) is 3.08. The lowest BCUT2D eigenvalue weighted by molar-refractivity contribution is 0.320. The molecule has 0 radical (unpaired) electrons. The van der Waals surface area contributed by atoms with Crippen LogP contribution in [-0.4, -0.2) is 30.4 Å². The molecule has 1 rings (SSSR count). The van der Waals surface area contributed by atoms with Gasteiger partial charge in [-0.25, -0.2) is 4.39 Å². The Morgan fingerprint density at radius 2 is 2.35 bits per heavy atom. The van der Waals surface area contributed by atoms with Gasteiger partial charge in [0.2, 0.25) is 0 Å². The standard InChI is InChI=1S/C15H22FN3O/c1-11(5-4-8-17-3)6-7-13-9-12(2)15(16)14(19-13)10-18-20/h4-5,8-10,12,15,17,20H,6-7H2,1-3H3/b8-4-,11-5+,18-10+. The minimum atomic E-state index is -1.20. The molecular formula is C15H22FN3O. The molecule has 2 N–H and O–H groups in total. The molecule has 0 aliphatic carbocycles. The highest BCUT2D eigenvalue weighted by Gasteiger charge is 2.24. The van der Waals surface area contributed by atoms with Gasteiger partial charge in [-0.2, -0.15) is 0 Å². The summed E-state index contributed by atoms with van der Waals surface area (Å²) in [6.07, 6.45) is 9.14. The van der Waals surface area contributed by atoms with Crippen LogP contribution >= 0.6 is 0 Å². The molecule has 2 unspecified atom stereocenters. The molecule has 110 valence electrons. The van der Waals surface area contributed by atoms with Gasteiger partial charge in [-0.15, -0.1) is 0 Å². The number of alkyl halides is 1. The van der Waals surface area contributed by atoms with Crippen LogP contribution in [0.25, 0.3) is 0 Å². The highest BCUT2D eigenvalue weighted by atomic mass is 19.1. The maximum absolute atomic E-state index is 13.8. The number of nitrogens with one attached hydrogen (secondary N) is 1. The molecule has 1 aliphatic rings. The molecule has 1 heterocycles. The second kappa shape index (κ2) is 8.30. The zero-order valence-electron chi connectivity index (χ0n) is 12.2. The predicted octanol–water partition coefficient (Wildman–Crippen LogP) is 3.22. The van der Waals surface area contributed by atoms with Gasteiger partial charge in [0.25, 0.3) is 0 Å². The fourth-order valence-electron chi connectivity index (χ4n) is 1.94. The molecule has 0 saturated carbocycles. The Morgan fingerprint density at radius 3 is 3.00 bits per heavy atom. The second-order valence-electron chi connectivity index (χ2n) is 4.86. The lowest BCUT2D eigenvalue weighted by atomic mass is 9.96. The van der Waals surface area contributed by atoms with Gasteiger partial charge in [0.15, 0.2) is 0 Å². The van der Waals surface area contributed by atoms with E-state index in [1.54, 1.807) is 6.92 Å². The highest BCUT2D eigenvalue weighted by Crippen LogP contribution is 2.23. The molecule has 1 aliphatic heterocycles. The number of nitrogens with zero attached hydrogens (tertiary/aromatic N) is 2. The van der Waals surface area contributed by atoms with Crippen molar-refractivity contribution in [2.45, 2.75) is 32.9 Å². The van der Waals surface area contributed by atoms with Crippen LogP contribution in [0.5, 0.6) is 0 Å². The molecule has 0 amide bonds. The van der Waals surface area contributed by atoms with E-state index in [9.17, 15) is 4.39 Å². The minimum Gasteiger partial charge on any atom is -0.411 e. The van der Waals surface area contributed by atoms with E-state index in [1.165, 1.54) is 5.57 Å². The van der Waals surface area contributed by atoms with Crippen LogP contribution in [0.15, 0.2) is 45.8 Å². The van der Waals surface area contributed by atoms with Crippen molar-refractivity contribution in [1.82, 2.24) is 5.32 Å². The van der Waals surface area contributed by atoms with Crippen molar-refractivity contribution in [2.24, 2.45) is 16.1 Å². The largest absolute Gasteiger partial charge is 0.411 e. The van der Waals surface area contributed by atoms with Gasteiger partial charge >= 0.3 is 0 Å². The molecule has 0 fully saturated rings. The number of hydrogen-bond donors (Lipinski definition) is 2. The lowest BCUT2D eigenvalue weighted by Crippen LogP contribution is -2.27. The summed E-state index contributed by atoms with van der Waals surface area (Å²) in [5, 5.41) is 14.3. The zero-order valence-corrected chi connectivity index (χ0v) is 12.2. The second-order valence-corrected chi connectivity index (χ2v) is 4.86. The summed E-state index contributed by atoms with van der Waals surface area (Å²) in [7, 11) is 1.85. The minimum absolute atomic E-state index is 0.189. The van der Waals surface area contributed by atoms with Gasteiger partial charge in [-0.1, -0.05) is 29.8 Å². The average Bonchev–Trinajstić information content (AvgIpc) is 2.42. The molecule has 4 nitrogen and oxygen atoms in total. The van der Waals surface area contributed by atoms with E-state index >= 15 is 0 Å². The van der Waals surface area contributed by atoms with E-state index in [0.717, 1.165) is 24.8 Å². The fourth-order valence-corrected chi connectivity index (χ4v) is 1.94. The van der Waals surface area contributed by atoms with Gasteiger partial charge in [-0.3, -0.25) is 4.99 Å². The summed E-state index contributed by atoms with van der Waals surface area (Å²) < 4.78 is 13.8. The number of oxime groups is 1. The van der Waals surface area contributed by atoms with Crippen molar-refractivity contribution in [3.05, 3.63) is 35.7 Å². The van der Waals surface area contributed by atoms with Crippen LogP contribution in [0, 0.1) is 5.92 Å². The monoisotopic (exact) mass is 279 g/mol. The van der Waals surface area contributed by atoms with Crippen LogP contribution < -0.4 is 5.32 Å². The molecular weight excluding hydrogens is 257 g/mol. The van der Waals surface area contributed by atoms with Crippen LogP contribution in [0.1, 0.15) is 26.7 Å². The van der Waals surface area contributed by atoms with Gasteiger partial charge < -0.3 is 10.5 Å². The summed E-state index contributed by atoms with van der Waals surface area (Å²) in [6.45, 7) is 3.84. The Labute approximate surface area is 119 Å². The lowest BCUT2D eigenvalue weighted by Gasteiger charge is -2.19. The summed E-state index contributed by atoms with van der Waals surface area (Å²) in [4.78, 5) is 4.21. The third-order valence-electron chi connectivity index (χ3n) is 3.08. The molecule has 0 saturated heterocycles. The van der Waals surface area contributed by atoms with E-state index < -0.39 is 6.17 Å². The van der Waals surface area contributed by atoms with Crippen molar-refractivity contribution in [1.29, 1.82) is 0 Å². The van der Waals surface area contributed by atoms with E-state index in [0.29, 0.717) is 0 Å². The SMILES string of the molecule is CN/C=C\C=C(/C)CCC1=CC(C)C(F)C(/C=N/O)=N1. The molecule has 5 heteroatoms. The van der Waals surface area contributed by atoms with Gasteiger partial charge in [-0.05, 0) is 32.0 Å². The van der Waals surface area contributed by atoms with Crippen LogP contribution in [0.2, 0.25) is 0 Å². The predicted molar refractivity (Wildman–Crippen MR) is 81.0 cm³/mol. The molecule has 0 aromatic rings. The van der Waals surface area contributed by atoms with Crippen molar-refractivity contribution in [2.75, 3.05) is 7.05 Å². The highest BCUT2D eigenvalue weighted by molar-refractivity contribution is 6.33. The molecule has 20 heavy (non-hydrogen) atoms. The van der Waals surface area contributed by atoms with E-state index in [-0.39, 0.29) is 11.6 Å². The maximum atomic E-state index is 13.8. The van der Waals surface area contributed by atoms with E-state index in [1.807, 2.05) is 38.4 Å². The summed E-state index contributed by atoms with van der Waals surface area (Å²) in [5.74, 6) is -0.246. The number of allylic oxidation sites excluding steroid dienone is 5. The molecule has 0 spiro atoms. The smallest absolute Gasteiger partial charge is 0.150 e. The van der Waals surface area contributed by atoms with Crippen LogP contribution in [0.4, 0.5) is 4.39 Å². The van der Waals surface area contributed by atoms with Gasteiger partial charge in [0.05, 0.1) is 11.9 Å². The summed E-state index contributed by atoms with van der Waals surface area (Å²) in [6, 6.07) is 0. The van der Waals surface area contributed by atoms with Gasteiger partial charge in [0.1, 0.15) is 6.17 Å². The molecule has 0 aromatic carbocycles. The Kier molecular flexibility index (Phi) is 6.70. The molecule has 0 aromatic heterocycles. The van der Waals surface area contributed by atoms with Gasteiger partial charge in [0, 0.05) is 18.7 Å². The Hall–Kier alpha value is -1.91. The Balaban J connectivity index is 2.66. The number of rotatable bonds is 6. The van der Waals surface area contributed by atoms with Crippen molar-refractivity contribution >= 4 is 11.9 Å². The quantitative estimate of drug-likeness (QED) is 0.339. The maximum Gasteiger partial charge on any atom is 0.150 e. The first-order chi connectivity index (χ1) is 9.58. The fraction of sp³-hybridized carbons (Fsp3) is 0.467. The van der Waals surface area contributed by atoms with E-state index in [4.69, 9.17) is 5.21 Å². The first kappa shape index (κ1) is 16.1. The normalized spacial score (nSPS) is 24.1. The third kappa shape index (κ3) is 4.99. The van der Waals surface area contributed by atoms with Crippen LogP contribution in [0.3, 0.4) is 0 Å². The molecule has 0 bridgehead atoms. The first-order valence-electron chi connectivity index (χ1n) is 6.68. The Morgan fingerprint density at radius 1 is 1.60 bits per heavy atom. The number of halogens is 1. The number of aliphatic imine (C=N–C) groups is 1. The zero-order chi connectivity index (χ0) is 15.0. The van der Waals surface area contributed by atoms with Crippen molar-refractivity contribution in [3.8, 4) is 0 Å². The average molecular weight is 279 g/mol.